The molecule has 0 saturated carbocycles. The lowest BCUT2D eigenvalue weighted by atomic mass is 10.0. The number of ether oxygens (including phenoxy) is 1. The second-order valence-electron chi connectivity index (χ2n) is 9.40. The second kappa shape index (κ2) is 10.0. The van der Waals surface area contributed by atoms with Crippen LogP contribution in [0.4, 0.5) is 23.7 Å². The van der Waals surface area contributed by atoms with Gasteiger partial charge in [0.25, 0.3) is 0 Å². The van der Waals surface area contributed by atoms with Crippen LogP contribution in [0.2, 0.25) is 0 Å². The van der Waals surface area contributed by atoms with Crippen molar-refractivity contribution < 1.29 is 32.6 Å². The Hall–Kier alpha value is -4.67. The van der Waals surface area contributed by atoms with Crippen molar-refractivity contribution >= 4 is 17.7 Å². The minimum atomic E-state index is -4.45. The summed E-state index contributed by atoms with van der Waals surface area (Å²) < 4.78 is 45.2. The van der Waals surface area contributed by atoms with Gasteiger partial charge in [0.05, 0.1) is 23.0 Å². The van der Waals surface area contributed by atoms with Crippen LogP contribution in [-0.4, -0.2) is 37.8 Å². The van der Waals surface area contributed by atoms with E-state index >= 15 is 0 Å². The third kappa shape index (κ3) is 6.36. The van der Waals surface area contributed by atoms with Crippen LogP contribution in [0.5, 0.6) is 0 Å². The molecule has 0 saturated heterocycles. The minimum Gasteiger partial charge on any atom is -0.478 e. The number of carboxylic acids is 1. The Kier molecular flexibility index (Phi) is 6.95. The van der Waals surface area contributed by atoms with Crippen molar-refractivity contribution in [2.24, 2.45) is 0 Å². The fraction of sp³-hybridized carbons (Fsp3) is 0.185. The second-order valence-corrected chi connectivity index (χ2v) is 9.40. The van der Waals surface area contributed by atoms with Crippen molar-refractivity contribution in [2.75, 3.05) is 5.32 Å². The first-order valence-electron chi connectivity index (χ1n) is 11.4. The third-order valence-corrected chi connectivity index (χ3v) is 5.29. The summed E-state index contributed by atoms with van der Waals surface area (Å²) in [6.45, 7) is 5.26. The number of nitrogens with one attached hydrogen (secondary N) is 1. The van der Waals surface area contributed by atoms with Gasteiger partial charge < -0.3 is 9.84 Å². The summed E-state index contributed by atoms with van der Waals surface area (Å²) in [4.78, 5) is 23.8. The van der Waals surface area contributed by atoms with Gasteiger partial charge in [0.15, 0.2) is 0 Å². The van der Waals surface area contributed by atoms with Crippen molar-refractivity contribution in [3.05, 3.63) is 84.1 Å². The molecule has 0 fully saturated rings. The normalized spacial score (nSPS) is 11.7. The Morgan fingerprint density at radius 2 is 1.53 bits per heavy atom. The zero-order chi connectivity index (χ0) is 27.7. The lowest BCUT2D eigenvalue weighted by Crippen LogP contribution is -2.27. The van der Waals surface area contributed by atoms with Crippen LogP contribution in [0, 0.1) is 0 Å². The highest BCUT2D eigenvalue weighted by molar-refractivity contribution is 5.91. The molecule has 0 aliphatic carbocycles. The Morgan fingerprint density at radius 3 is 2.11 bits per heavy atom. The Balaban J connectivity index is 1.61. The van der Waals surface area contributed by atoms with Crippen molar-refractivity contribution in [1.29, 1.82) is 0 Å². The van der Waals surface area contributed by atoms with Gasteiger partial charge in [-0.1, -0.05) is 29.5 Å². The number of amides is 1. The Morgan fingerprint density at radius 1 is 0.895 bits per heavy atom. The van der Waals surface area contributed by atoms with E-state index in [0.29, 0.717) is 33.8 Å². The summed E-state index contributed by atoms with van der Waals surface area (Å²) in [7, 11) is 0. The topological polar surface area (TPSA) is 106 Å². The number of halogens is 3. The molecule has 0 aliphatic heterocycles. The van der Waals surface area contributed by atoms with Gasteiger partial charge in [-0.25, -0.2) is 14.3 Å². The number of hydrogen-bond donors (Lipinski definition) is 2. The molecular weight excluding hydrogens is 501 g/mol. The zero-order valence-corrected chi connectivity index (χ0v) is 20.6. The van der Waals surface area contributed by atoms with E-state index < -0.39 is 29.4 Å². The number of aromatic nitrogens is 3. The average Bonchev–Trinajstić information content (AvgIpc) is 3.33. The molecule has 0 atom stereocenters. The number of carboxylic acid groups (broad SMARTS) is 1. The summed E-state index contributed by atoms with van der Waals surface area (Å²) in [6, 6.07) is 15.9. The maximum absolute atomic E-state index is 12.9. The standard InChI is InChI=1S/C27H23F3N4O4/c1-26(2,3)38-25(37)31-21-10-6-16(7-11-21)18-12-19(24(35)36)14-22(13-18)34-15-23(32-33-34)17-4-8-20(9-5-17)27(28,29)30/h4-15H,1-3H3,(H,31,37)(H,35,36). The summed E-state index contributed by atoms with van der Waals surface area (Å²) in [5, 5.41) is 20.3. The van der Waals surface area contributed by atoms with Gasteiger partial charge >= 0.3 is 18.2 Å². The molecular formula is C27H23F3N4O4. The predicted octanol–water partition coefficient (Wildman–Crippen LogP) is 6.67. The number of carbonyl (C=O) groups excluding carboxylic acids is 1. The molecule has 4 aromatic rings. The van der Waals surface area contributed by atoms with E-state index in [4.69, 9.17) is 4.74 Å². The molecule has 0 aliphatic rings. The molecule has 1 heterocycles. The van der Waals surface area contributed by atoms with Crippen molar-refractivity contribution in [2.45, 2.75) is 32.5 Å². The molecule has 0 unspecified atom stereocenters. The van der Waals surface area contributed by atoms with Crippen LogP contribution in [-0.2, 0) is 10.9 Å². The Labute approximate surface area is 215 Å². The molecule has 1 amide bonds. The summed E-state index contributed by atoms with van der Waals surface area (Å²) in [6.07, 6.45) is -3.55. The molecule has 0 bridgehead atoms. The van der Waals surface area contributed by atoms with Gasteiger partial charge in [-0.15, -0.1) is 5.10 Å². The highest BCUT2D eigenvalue weighted by atomic mass is 19.4. The molecule has 4 rings (SSSR count). The van der Waals surface area contributed by atoms with Crippen molar-refractivity contribution in [3.63, 3.8) is 0 Å². The van der Waals surface area contributed by atoms with E-state index in [1.54, 1.807) is 51.1 Å². The average molecular weight is 524 g/mol. The monoisotopic (exact) mass is 524 g/mol. The van der Waals surface area contributed by atoms with E-state index in [1.165, 1.54) is 35.1 Å². The summed E-state index contributed by atoms with van der Waals surface area (Å²) in [5.41, 5.74) is 1.44. The predicted molar refractivity (Wildman–Crippen MR) is 134 cm³/mol. The number of benzene rings is 3. The summed E-state index contributed by atoms with van der Waals surface area (Å²) in [5.74, 6) is -1.15. The van der Waals surface area contributed by atoms with E-state index in [1.807, 2.05) is 0 Å². The van der Waals surface area contributed by atoms with E-state index in [0.717, 1.165) is 12.1 Å². The van der Waals surface area contributed by atoms with Gasteiger partial charge in [-0.3, -0.25) is 5.32 Å². The van der Waals surface area contributed by atoms with E-state index in [-0.39, 0.29) is 5.56 Å². The number of carbonyl (C=O) groups is 2. The maximum Gasteiger partial charge on any atom is 0.416 e. The summed E-state index contributed by atoms with van der Waals surface area (Å²) >= 11 is 0. The number of nitrogens with zero attached hydrogens (tertiary/aromatic N) is 3. The van der Waals surface area contributed by atoms with Gasteiger partial charge in [0.1, 0.15) is 11.3 Å². The van der Waals surface area contributed by atoms with Crippen LogP contribution >= 0.6 is 0 Å². The van der Waals surface area contributed by atoms with Crippen LogP contribution in [0.25, 0.3) is 28.1 Å². The lowest BCUT2D eigenvalue weighted by molar-refractivity contribution is -0.137. The SMILES string of the molecule is CC(C)(C)OC(=O)Nc1ccc(-c2cc(C(=O)O)cc(-n3cc(-c4ccc(C(F)(F)F)cc4)nn3)c2)cc1. The van der Waals surface area contributed by atoms with Crippen LogP contribution in [0.1, 0.15) is 36.7 Å². The molecule has 196 valence electrons. The number of rotatable bonds is 5. The molecule has 11 heteroatoms. The highest BCUT2D eigenvalue weighted by Gasteiger charge is 2.30. The van der Waals surface area contributed by atoms with E-state index in [9.17, 15) is 27.9 Å². The fourth-order valence-electron chi connectivity index (χ4n) is 3.55. The smallest absolute Gasteiger partial charge is 0.416 e. The molecule has 3 aromatic carbocycles. The fourth-order valence-corrected chi connectivity index (χ4v) is 3.55. The van der Waals surface area contributed by atoms with Crippen LogP contribution in [0.3, 0.4) is 0 Å². The lowest BCUT2D eigenvalue weighted by Gasteiger charge is -2.19. The van der Waals surface area contributed by atoms with Gasteiger partial charge in [0, 0.05) is 11.3 Å². The minimum absolute atomic E-state index is 0.0000339. The number of hydrogen-bond acceptors (Lipinski definition) is 5. The first kappa shape index (κ1) is 26.4. The first-order chi connectivity index (χ1) is 17.8. The maximum atomic E-state index is 12.9. The Bertz CT molecular complexity index is 1470. The highest BCUT2D eigenvalue weighted by Crippen LogP contribution is 2.31. The largest absolute Gasteiger partial charge is 0.478 e. The van der Waals surface area contributed by atoms with Crippen molar-refractivity contribution in [1.82, 2.24) is 15.0 Å². The van der Waals surface area contributed by atoms with Gasteiger partial charge in [0.2, 0.25) is 0 Å². The molecule has 38 heavy (non-hydrogen) atoms. The van der Waals surface area contributed by atoms with Crippen LogP contribution < -0.4 is 5.32 Å². The van der Waals surface area contributed by atoms with Gasteiger partial charge in [-0.2, -0.15) is 13.2 Å². The molecule has 0 spiro atoms. The van der Waals surface area contributed by atoms with Crippen LogP contribution in [0.15, 0.2) is 72.9 Å². The molecule has 2 N–H and O–H groups in total. The van der Waals surface area contributed by atoms with Gasteiger partial charge in [-0.05, 0) is 74.4 Å². The number of alkyl halides is 3. The first-order valence-corrected chi connectivity index (χ1v) is 11.4. The number of aromatic carboxylic acids is 1. The third-order valence-electron chi connectivity index (χ3n) is 5.29. The molecule has 1 aromatic heterocycles. The molecule has 8 nitrogen and oxygen atoms in total. The zero-order valence-electron chi connectivity index (χ0n) is 20.6. The van der Waals surface area contributed by atoms with Crippen molar-refractivity contribution in [3.8, 4) is 28.1 Å². The quantitative estimate of drug-likeness (QED) is 0.302. The molecule has 0 radical (unpaired) electrons. The number of anilines is 1. The van der Waals surface area contributed by atoms with E-state index in [2.05, 4.69) is 15.6 Å².